The lowest BCUT2D eigenvalue weighted by Gasteiger charge is -2.15. The summed E-state index contributed by atoms with van der Waals surface area (Å²) in [6.07, 6.45) is 0. The molecule has 1 aromatic carbocycles. The van der Waals surface area contributed by atoms with Crippen LogP contribution in [0, 0.1) is 12.3 Å². The van der Waals surface area contributed by atoms with E-state index in [1.54, 1.807) is 14.0 Å². The standard InChI is InChI=1S/C15H21NO3S2/c1-4-21(17,18)13-12(11-7-5-10(2)6-8-11)15(13,9-19-3)14(16)20/h5-8,12-13H,4,9H2,1-3H3,(H2,16,20)/t12-,13-,15-/m1/s1. The summed E-state index contributed by atoms with van der Waals surface area (Å²) in [6.45, 7) is 3.87. The average molecular weight is 327 g/mol. The average Bonchev–Trinajstić information content (AvgIpc) is 3.11. The predicted octanol–water partition coefficient (Wildman–Crippen LogP) is 1.81. The Morgan fingerprint density at radius 3 is 2.38 bits per heavy atom. The number of hydrogen-bond acceptors (Lipinski definition) is 4. The van der Waals surface area contributed by atoms with Crippen molar-refractivity contribution in [2.75, 3.05) is 19.5 Å². The minimum atomic E-state index is -3.25. The number of ether oxygens (including phenoxy) is 1. The maximum absolute atomic E-state index is 12.4. The quantitative estimate of drug-likeness (QED) is 0.807. The fourth-order valence-electron chi connectivity index (χ4n) is 3.13. The van der Waals surface area contributed by atoms with E-state index in [9.17, 15) is 8.42 Å². The number of sulfone groups is 1. The largest absolute Gasteiger partial charge is 0.393 e. The smallest absolute Gasteiger partial charge is 0.154 e. The van der Waals surface area contributed by atoms with Gasteiger partial charge in [0.15, 0.2) is 9.84 Å². The van der Waals surface area contributed by atoms with Gasteiger partial charge in [-0.3, -0.25) is 0 Å². The van der Waals surface area contributed by atoms with Gasteiger partial charge in [-0.05, 0) is 12.5 Å². The first-order valence-corrected chi connectivity index (χ1v) is 9.00. The molecule has 0 bridgehead atoms. The topological polar surface area (TPSA) is 69.4 Å². The highest BCUT2D eigenvalue weighted by Crippen LogP contribution is 2.63. The molecule has 1 aliphatic carbocycles. The van der Waals surface area contributed by atoms with Gasteiger partial charge >= 0.3 is 0 Å². The van der Waals surface area contributed by atoms with Crippen LogP contribution in [0.15, 0.2) is 24.3 Å². The van der Waals surface area contributed by atoms with Gasteiger partial charge in [0, 0.05) is 18.8 Å². The normalized spacial score (nSPS) is 28.3. The van der Waals surface area contributed by atoms with E-state index in [1.807, 2.05) is 31.2 Å². The summed E-state index contributed by atoms with van der Waals surface area (Å²) in [6, 6.07) is 7.85. The van der Waals surface area contributed by atoms with E-state index >= 15 is 0 Å². The van der Waals surface area contributed by atoms with Crippen molar-refractivity contribution in [3.8, 4) is 0 Å². The van der Waals surface area contributed by atoms with Gasteiger partial charge in [0.05, 0.1) is 22.3 Å². The minimum Gasteiger partial charge on any atom is -0.393 e. The van der Waals surface area contributed by atoms with Crippen molar-refractivity contribution in [2.24, 2.45) is 11.1 Å². The summed E-state index contributed by atoms with van der Waals surface area (Å²) in [5.74, 6) is -0.144. The van der Waals surface area contributed by atoms with Gasteiger partial charge in [-0.2, -0.15) is 0 Å². The molecule has 0 spiro atoms. The summed E-state index contributed by atoms with van der Waals surface area (Å²) in [5.41, 5.74) is 7.20. The molecule has 4 nitrogen and oxygen atoms in total. The molecule has 0 aromatic heterocycles. The number of rotatable bonds is 6. The second kappa shape index (κ2) is 5.66. The molecule has 6 heteroatoms. The third-order valence-corrected chi connectivity index (χ3v) is 6.98. The maximum atomic E-state index is 12.4. The number of methoxy groups -OCH3 is 1. The highest BCUT2D eigenvalue weighted by Gasteiger charge is 2.72. The van der Waals surface area contributed by atoms with Crippen molar-refractivity contribution in [2.45, 2.75) is 25.0 Å². The Morgan fingerprint density at radius 1 is 1.38 bits per heavy atom. The van der Waals surface area contributed by atoms with Gasteiger partial charge in [-0.15, -0.1) is 0 Å². The van der Waals surface area contributed by atoms with Crippen LogP contribution in [0.3, 0.4) is 0 Å². The van der Waals surface area contributed by atoms with Crippen molar-refractivity contribution in [1.82, 2.24) is 0 Å². The van der Waals surface area contributed by atoms with Crippen molar-refractivity contribution < 1.29 is 13.2 Å². The number of thiocarbonyl (C=S) groups is 1. The van der Waals surface area contributed by atoms with Gasteiger partial charge in [0.25, 0.3) is 0 Å². The minimum absolute atomic E-state index is 0.0775. The molecule has 0 saturated heterocycles. The zero-order valence-electron chi connectivity index (χ0n) is 12.5. The number of nitrogens with two attached hydrogens (primary N) is 1. The van der Waals surface area contributed by atoms with Crippen molar-refractivity contribution in [3.05, 3.63) is 35.4 Å². The van der Waals surface area contributed by atoms with Gasteiger partial charge < -0.3 is 10.5 Å². The van der Waals surface area contributed by atoms with E-state index in [4.69, 9.17) is 22.7 Å². The van der Waals surface area contributed by atoms with Crippen molar-refractivity contribution >= 4 is 27.0 Å². The van der Waals surface area contributed by atoms with Gasteiger partial charge in [-0.25, -0.2) is 8.42 Å². The molecule has 0 aliphatic heterocycles. The molecule has 116 valence electrons. The molecule has 2 N–H and O–H groups in total. The van der Waals surface area contributed by atoms with Crippen LogP contribution in [-0.4, -0.2) is 38.1 Å². The van der Waals surface area contributed by atoms with Crippen LogP contribution in [0.25, 0.3) is 0 Å². The van der Waals surface area contributed by atoms with Gasteiger partial charge in [-0.1, -0.05) is 49.0 Å². The van der Waals surface area contributed by atoms with Crippen LogP contribution < -0.4 is 5.73 Å². The molecule has 0 amide bonds. The Labute approximate surface area is 131 Å². The number of aryl methyl sites for hydroxylation is 1. The number of hydrogen-bond donors (Lipinski definition) is 1. The van der Waals surface area contributed by atoms with Crippen LogP contribution in [0.2, 0.25) is 0 Å². The molecule has 1 saturated carbocycles. The summed E-state index contributed by atoms with van der Waals surface area (Å²) in [5, 5.41) is -0.588. The second-order valence-electron chi connectivity index (χ2n) is 5.60. The summed E-state index contributed by atoms with van der Waals surface area (Å²) < 4.78 is 30.1. The lowest BCUT2D eigenvalue weighted by molar-refractivity contribution is 0.166. The SMILES string of the molecule is CCS(=O)(=O)[C@@H]1[C@@H](c2ccc(C)cc2)[C@@]1(COC)C(N)=S. The fourth-order valence-corrected chi connectivity index (χ4v) is 5.60. The van der Waals surface area contributed by atoms with E-state index < -0.39 is 20.5 Å². The molecule has 1 aliphatic rings. The first kappa shape index (κ1) is 16.4. The zero-order valence-corrected chi connectivity index (χ0v) is 14.1. The molecule has 0 heterocycles. The highest BCUT2D eigenvalue weighted by molar-refractivity contribution is 7.92. The lowest BCUT2D eigenvalue weighted by Crippen LogP contribution is -2.33. The molecule has 0 unspecified atom stereocenters. The molecule has 2 rings (SSSR count). The Balaban J connectivity index is 2.51. The van der Waals surface area contributed by atoms with E-state index in [2.05, 4.69) is 0 Å². The molecule has 1 aromatic rings. The third kappa shape index (κ3) is 2.60. The lowest BCUT2D eigenvalue weighted by atomic mass is 9.99. The van der Waals surface area contributed by atoms with Gasteiger partial charge in [0.2, 0.25) is 0 Å². The third-order valence-electron chi connectivity index (χ3n) is 4.32. The monoisotopic (exact) mass is 327 g/mol. The predicted molar refractivity (Wildman–Crippen MR) is 88.3 cm³/mol. The maximum Gasteiger partial charge on any atom is 0.154 e. The van der Waals surface area contributed by atoms with E-state index in [1.165, 1.54) is 0 Å². The Hall–Kier alpha value is -0.980. The van der Waals surface area contributed by atoms with E-state index in [0.29, 0.717) is 0 Å². The second-order valence-corrected chi connectivity index (χ2v) is 8.45. The molecule has 3 atom stereocenters. The summed E-state index contributed by atoms with van der Waals surface area (Å²) in [4.78, 5) is 0.219. The van der Waals surface area contributed by atoms with Crippen LogP contribution in [-0.2, 0) is 14.6 Å². The fraction of sp³-hybridized carbons (Fsp3) is 0.533. The first-order chi connectivity index (χ1) is 9.81. The molecule has 1 fully saturated rings. The van der Waals surface area contributed by atoms with Crippen molar-refractivity contribution in [3.63, 3.8) is 0 Å². The Kier molecular flexibility index (Phi) is 4.42. The van der Waals surface area contributed by atoms with E-state index in [0.717, 1.165) is 11.1 Å². The summed E-state index contributed by atoms with van der Waals surface area (Å²) in [7, 11) is -1.71. The number of benzene rings is 1. The first-order valence-electron chi connectivity index (χ1n) is 6.88. The molecule has 21 heavy (non-hydrogen) atoms. The highest BCUT2D eigenvalue weighted by atomic mass is 32.2. The zero-order chi connectivity index (χ0) is 15.8. The Bertz CT molecular complexity index is 639. The van der Waals surface area contributed by atoms with Crippen LogP contribution in [0.5, 0.6) is 0 Å². The van der Waals surface area contributed by atoms with Crippen molar-refractivity contribution in [1.29, 1.82) is 0 Å². The van der Waals surface area contributed by atoms with Crippen LogP contribution >= 0.6 is 12.2 Å². The van der Waals surface area contributed by atoms with E-state index in [-0.39, 0.29) is 23.3 Å². The molecule has 0 radical (unpaired) electrons. The molecular weight excluding hydrogens is 306 g/mol. The Morgan fingerprint density at radius 2 is 1.95 bits per heavy atom. The molecular formula is C15H21NO3S2. The van der Waals surface area contributed by atoms with Crippen LogP contribution in [0.1, 0.15) is 24.0 Å². The van der Waals surface area contributed by atoms with Gasteiger partial charge in [0.1, 0.15) is 0 Å². The summed E-state index contributed by atoms with van der Waals surface area (Å²) >= 11 is 5.19. The van der Waals surface area contributed by atoms with Crippen LogP contribution in [0.4, 0.5) is 0 Å².